The van der Waals surface area contributed by atoms with Crippen LogP contribution in [-0.2, 0) is 0 Å². The zero-order chi connectivity index (χ0) is 13.9. The molecule has 0 spiro atoms. The third-order valence-electron chi connectivity index (χ3n) is 3.94. The molecule has 1 amide bonds. The van der Waals surface area contributed by atoms with E-state index in [1.165, 1.54) is 0 Å². The molecule has 1 atom stereocenters. The maximum Gasteiger partial charge on any atom is 0.276 e. The summed E-state index contributed by atoms with van der Waals surface area (Å²) in [6.45, 7) is 5.80. The van der Waals surface area contributed by atoms with Gasteiger partial charge in [-0.05, 0) is 25.9 Å². The van der Waals surface area contributed by atoms with Crippen molar-refractivity contribution in [2.45, 2.75) is 31.1 Å². The molecule has 20 heavy (non-hydrogen) atoms. The average Bonchev–Trinajstić information content (AvgIpc) is 2.97. The number of rotatable bonds is 2. The molecule has 110 valence electrons. The van der Waals surface area contributed by atoms with Gasteiger partial charge in [-0.15, -0.1) is 5.10 Å². The van der Waals surface area contributed by atoms with Gasteiger partial charge in [0.05, 0.1) is 12.2 Å². The number of nitrogens with zero attached hydrogens (tertiary/aromatic N) is 4. The standard InChI is InChI=1S/C13H21N5OS/c1-10-8-17(6-7-20-10)13(19)12-9-18(16-15-12)11-2-4-14-5-3-11/h9-11,14H,2-8H2,1H3. The first-order valence-electron chi connectivity index (χ1n) is 7.27. The largest absolute Gasteiger partial charge is 0.335 e. The van der Waals surface area contributed by atoms with Crippen molar-refractivity contribution in [2.75, 3.05) is 31.9 Å². The first kappa shape index (κ1) is 13.9. The molecule has 3 heterocycles. The first-order valence-corrected chi connectivity index (χ1v) is 8.32. The van der Waals surface area contributed by atoms with Crippen LogP contribution in [0.3, 0.4) is 0 Å². The molecular weight excluding hydrogens is 274 g/mol. The number of aromatic nitrogens is 3. The van der Waals surface area contributed by atoms with Crippen LogP contribution in [0, 0.1) is 0 Å². The number of carbonyl (C=O) groups is 1. The van der Waals surface area contributed by atoms with Crippen LogP contribution >= 0.6 is 11.8 Å². The predicted octanol–water partition coefficient (Wildman–Crippen LogP) is 0.780. The highest BCUT2D eigenvalue weighted by molar-refractivity contribution is 7.99. The van der Waals surface area contributed by atoms with Crippen molar-refractivity contribution in [1.82, 2.24) is 25.2 Å². The van der Waals surface area contributed by atoms with E-state index in [1.807, 2.05) is 27.5 Å². The van der Waals surface area contributed by atoms with E-state index in [4.69, 9.17) is 0 Å². The van der Waals surface area contributed by atoms with E-state index in [0.29, 0.717) is 17.0 Å². The summed E-state index contributed by atoms with van der Waals surface area (Å²) in [5.74, 6) is 1.03. The Kier molecular flexibility index (Phi) is 4.26. The Balaban J connectivity index is 1.67. The second kappa shape index (κ2) is 6.13. The summed E-state index contributed by atoms with van der Waals surface area (Å²) in [7, 11) is 0. The van der Waals surface area contributed by atoms with E-state index < -0.39 is 0 Å². The normalized spacial score (nSPS) is 24.9. The summed E-state index contributed by atoms with van der Waals surface area (Å²) in [6.07, 6.45) is 3.92. The Morgan fingerprint density at radius 3 is 3.00 bits per heavy atom. The van der Waals surface area contributed by atoms with Crippen LogP contribution < -0.4 is 5.32 Å². The smallest absolute Gasteiger partial charge is 0.276 e. The van der Waals surface area contributed by atoms with Crippen molar-refractivity contribution in [3.05, 3.63) is 11.9 Å². The zero-order valence-corrected chi connectivity index (χ0v) is 12.6. The molecule has 1 aromatic rings. The molecule has 0 radical (unpaired) electrons. The highest BCUT2D eigenvalue weighted by Crippen LogP contribution is 2.20. The monoisotopic (exact) mass is 295 g/mol. The SMILES string of the molecule is CC1CN(C(=O)c2cn(C3CCNCC3)nn2)CCS1. The Labute approximate surface area is 123 Å². The minimum absolute atomic E-state index is 0.0253. The molecule has 1 aromatic heterocycles. The summed E-state index contributed by atoms with van der Waals surface area (Å²) < 4.78 is 1.87. The van der Waals surface area contributed by atoms with Crippen LogP contribution in [0.5, 0.6) is 0 Å². The van der Waals surface area contributed by atoms with E-state index in [9.17, 15) is 4.79 Å². The van der Waals surface area contributed by atoms with Gasteiger partial charge in [0, 0.05) is 24.1 Å². The number of hydrogen-bond acceptors (Lipinski definition) is 5. The lowest BCUT2D eigenvalue weighted by Crippen LogP contribution is -2.41. The first-order chi connectivity index (χ1) is 9.74. The van der Waals surface area contributed by atoms with Gasteiger partial charge in [-0.25, -0.2) is 4.68 Å². The molecule has 1 N–H and O–H groups in total. The Morgan fingerprint density at radius 1 is 1.45 bits per heavy atom. The highest BCUT2D eigenvalue weighted by Gasteiger charge is 2.25. The van der Waals surface area contributed by atoms with Crippen molar-refractivity contribution in [3.63, 3.8) is 0 Å². The van der Waals surface area contributed by atoms with Crippen LogP contribution in [0.2, 0.25) is 0 Å². The second-order valence-corrected chi connectivity index (χ2v) is 7.04. The number of hydrogen-bond donors (Lipinski definition) is 1. The van der Waals surface area contributed by atoms with Crippen molar-refractivity contribution < 1.29 is 4.79 Å². The van der Waals surface area contributed by atoms with E-state index >= 15 is 0 Å². The molecule has 0 saturated carbocycles. The van der Waals surface area contributed by atoms with Gasteiger partial charge in [0.25, 0.3) is 5.91 Å². The van der Waals surface area contributed by atoms with Gasteiger partial charge in [0.1, 0.15) is 0 Å². The highest BCUT2D eigenvalue weighted by atomic mass is 32.2. The summed E-state index contributed by atoms with van der Waals surface area (Å²) in [5.41, 5.74) is 0.489. The molecule has 7 heteroatoms. The molecule has 2 fully saturated rings. The van der Waals surface area contributed by atoms with E-state index in [2.05, 4.69) is 22.6 Å². The minimum atomic E-state index is 0.0253. The third-order valence-corrected chi connectivity index (χ3v) is 5.08. The molecule has 1 unspecified atom stereocenters. The summed E-state index contributed by atoms with van der Waals surface area (Å²) in [4.78, 5) is 14.3. The van der Waals surface area contributed by atoms with Crippen LogP contribution in [-0.4, -0.2) is 63.0 Å². The molecule has 0 aliphatic carbocycles. The Bertz CT molecular complexity index is 471. The number of carbonyl (C=O) groups excluding carboxylic acids is 1. The van der Waals surface area contributed by atoms with Gasteiger partial charge in [-0.2, -0.15) is 11.8 Å². The summed E-state index contributed by atoms with van der Waals surface area (Å²) in [6, 6.07) is 0.376. The number of piperidine rings is 1. The molecule has 2 aliphatic heterocycles. The van der Waals surface area contributed by atoms with Crippen molar-refractivity contribution in [1.29, 1.82) is 0 Å². The Morgan fingerprint density at radius 2 is 2.25 bits per heavy atom. The lowest BCUT2D eigenvalue weighted by Gasteiger charge is -2.29. The Hall–Kier alpha value is -1.08. The number of amides is 1. The fourth-order valence-electron chi connectivity index (χ4n) is 2.79. The van der Waals surface area contributed by atoms with Gasteiger partial charge in [-0.3, -0.25) is 4.79 Å². The molecule has 6 nitrogen and oxygen atoms in total. The van der Waals surface area contributed by atoms with E-state index in [1.54, 1.807) is 0 Å². The van der Waals surface area contributed by atoms with Crippen molar-refractivity contribution in [3.8, 4) is 0 Å². The van der Waals surface area contributed by atoms with E-state index in [-0.39, 0.29) is 5.91 Å². The van der Waals surface area contributed by atoms with Crippen molar-refractivity contribution in [2.24, 2.45) is 0 Å². The van der Waals surface area contributed by atoms with Crippen LogP contribution in [0.1, 0.15) is 36.3 Å². The zero-order valence-electron chi connectivity index (χ0n) is 11.8. The summed E-state index contributed by atoms with van der Waals surface area (Å²) in [5, 5.41) is 12.1. The van der Waals surface area contributed by atoms with Crippen LogP contribution in [0.15, 0.2) is 6.20 Å². The molecule has 2 saturated heterocycles. The lowest BCUT2D eigenvalue weighted by atomic mass is 10.1. The maximum atomic E-state index is 12.4. The lowest BCUT2D eigenvalue weighted by molar-refractivity contribution is 0.0757. The van der Waals surface area contributed by atoms with E-state index in [0.717, 1.165) is 44.8 Å². The molecule has 3 rings (SSSR count). The van der Waals surface area contributed by atoms with Gasteiger partial charge in [-0.1, -0.05) is 12.1 Å². The van der Waals surface area contributed by atoms with Crippen LogP contribution in [0.25, 0.3) is 0 Å². The topological polar surface area (TPSA) is 63.1 Å². The summed E-state index contributed by atoms with van der Waals surface area (Å²) >= 11 is 1.92. The van der Waals surface area contributed by atoms with Gasteiger partial charge < -0.3 is 10.2 Å². The fraction of sp³-hybridized carbons (Fsp3) is 0.769. The molecule has 0 aromatic carbocycles. The number of thioether (sulfide) groups is 1. The number of nitrogens with one attached hydrogen (secondary N) is 1. The maximum absolute atomic E-state index is 12.4. The molecular formula is C13H21N5OS. The van der Waals surface area contributed by atoms with Gasteiger partial charge in [0.2, 0.25) is 0 Å². The molecule has 0 bridgehead atoms. The fourth-order valence-corrected chi connectivity index (χ4v) is 3.80. The second-order valence-electron chi connectivity index (χ2n) is 5.50. The van der Waals surface area contributed by atoms with Crippen molar-refractivity contribution >= 4 is 17.7 Å². The van der Waals surface area contributed by atoms with Gasteiger partial charge in [0.15, 0.2) is 5.69 Å². The third kappa shape index (κ3) is 2.98. The average molecular weight is 295 g/mol. The molecule has 2 aliphatic rings. The van der Waals surface area contributed by atoms with Gasteiger partial charge >= 0.3 is 0 Å². The quantitative estimate of drug-likeness (QED) is 0.873. The predicted molar refractivity (Wildman–Crippen MR) is 79.0 cm³/mol. The minimum Gasteiger partial charge on any atom is -0.335 e. The van der Waals surface area contributed by atoms with Crippen LogP contribution in [0.4, 0.5) is 0 Å².